The molecule has 1 heterocycles. The SMILES string of the molecule is CC1NC2CCCCC2C(=O)C1O. The van der Waals surface area contributed by atoms with Gasteiger partial charge in [0, 0.05) is 18.0 Å². The Morgan fingerprint density at radius 1 is 1.38 bits per heavy atom. The number of hydrogen-bond acceptors (Lipinski definition) is 3. The van der Waals surface area contributed by atoms with Gasteiger partial charge in [0.25, 0.3) is 0 Å². The zero-order valence-corrected chi connectivity index (χ0v) is 7.99. The quantitative estimate of drug-likeness (QED) is 0.574. The molecule has 0 radical (unpaired) electrons. The van der Waals surface area contributed by atoms with Crippen molar-refractivity contribution in [1.82, 2.24) is 5.32 Å². The van der Waals surface area contributed by atoms with Crippen molar-refractivity contribution in [2.75, 3.05) is 0 Å². The first-order chi connectivity index (χ1) is 6.20. The second kappa shape index (κ2) is 3.39. The topological polar surface area (TPSA) is 49.3 Å². The number of piperidine rings is 1. The zero-order valence-electron chi connectivity index (χ0n) is 7.99. The highest BCUT2D eigenvalue weighted by Gasteiger charge is 2.41. The molecule has 1 aliphatic carbocycles. The fraction of sp³-hybridized carbons (Fsp3) is 0.900. The number of rotatable bonds is 0. The van der Waals surface area contributed by atoms with Crippen LogP contribution in [0.2, 0.25) is 0 Å². The van der Waals surface area contributed by atoms with E-state index in [9.17, 15) is 9.90 Å². The van der Waals surface area contributed by atoms with E-state index in [0.29, 0.717) is 6.04 Å². The molecule has 0 aromatic heterocycles. The van der Waals surface area contributed by atoms with Crippen LogP contribution < -0.4 is 5.32 Å². The Bertz CT molecular complexity index is 217. The maximum atomic E-state index is 11.7. The van der Waals surface area contributed by atoms with E-state index in [-0.39, 0.29) is 17.7 Å². The van der Waals surface area contributed by atoms with Crippen molar-refractivity contribution in [2.45, 2.75) is 50.8 Å². The number of nitrogens with one attached hydrogen (secondary N) is 1. The first-order valence-electron chi connectivity index (χ1n) is 5.18. The Hall–Kier alpha value is -0.410. The third kappa shape index (κ3) is 1.51. The Labute approximate surface area is 78.5 Å². The Morgan fingerprint density at radius 2 is 2.08 bits per heavy atom. The van der Waals surface area contributed by atoms with Crippen LogP contribution in [0.3, 0.4) is 0 Å². The Morgan fingerprint density at radius 3 is 2.85 bits per heavy atom. The van der Waals surface area contributed by atoms with E-state index >= 15 is 0 Å². The summed E-state index contributed by atoms with van der Waals surface area (Å²) in [6.45, 7) is 1.88. The first kappa shape index (κ1) is 9.16. The number of carbonyl (C=O) groups is 1. The average molecular weight is 183 g/mol. The number of hydrogen-bond donors (Lipinski definition) is 2. The lowest BCUT2D eigenvalue weighted by Crippen LogP contribution is -2.59. The normalized spacial score (nSPS) is 45.8. The van der Waals surface area contributed by atoms with Crippen molar-refractivity contribution in [1.29, 1.82) is 0 Å². The summed E-state index contributed by atoms with van der Waals surface area (Å²) < 4.78 is 0. The summed E-state index contributed by atoms with van der Waals surface area (Å²) in [4.78, 5) is 11.7. The molecule has 0 amide bonds. The smallest absolute Gasteiger partial charge is 0.167 e. The third-order valence-electron chi connectivity index (χ3n) is 3.37. The van der Waals surface area contributed by atoms with Crippen molar-refractivity contribution >= 4 is 5.78 Å². The molecule has 4 unspecified atom stereocenters. The molecule has 0 bridgehead atoms. The van der Waals surface area contributed by atoms with Gasteiger partial charge in [-0.3, -0.25) is 4.79 Å². The van der Waals surface area contributed by atoms with Crippen LogP contribution >= 0.6 is 0 Å². The van der Waals surface area contributed by atoms with Crippen LogP contribution in [0.15, 0.2) is 0 Å². The second-order valence-corrected chi connectivity index (χ2v) is 4.30. The standard InChI is InChI=1S/C10H17NO2/c1-6-9(12)10(13)7-4-2-3-5-8(7)11-6/h6-9,11-12H,2-5H2,1H3. The fourth-order valence-corrected chi connectivity index (χ4v) is 2.57. The molecule has 3 heteroatoms. The Kier molecular flexibility index (Phi) is 2.39. The van der Waals surface area contributed by atoms with E-state index in [1.807, 2.05) is 6.92 Å². The predicted molar refractivity (Wildman–Crippen MR) is 49.4 cm³/mol. The number of aliphatic hydroxyl groups excluding tert-OH is 1. The van der Waals surface area contributed by atoms with Gasteiger partial charge in [-0.15, -0.1) is 0 Å². The highest BCUT2D eigenvalue weighted by Crippen LogP contribution is 2.30. The number of ketones is 1. The molecular formula is C10H17NO2. The lowest BCUT2D eigenvalue weighted by molar-refractivity contribution is -0.138. The van der Waals surface area contributed by atoms with Crippen LogP contribution in [0.5, 0.6) is 0 Å². The van der Waals surface area contributed by atoms with Crippen molar-refractivity contribution < 1.29 is 9.90 Å². The van der Waals surface area contributed by atoms with Crippen molar-refractivity contribution in [3.8, 4) is 0 Å². The summed E-state index contributed by atoms with van der Waals surface area (Å²) in [5.41, 5.74) is 0. The summed E-state index contributed by atoms with van der Waals surface area (Å²) >= 11 is 0. The van der Waals surface area contributed by atoms with Crippen LogP contribution in [0.25, 0.3) is 0 Å². The second-order valence-electron chi connectivity index (χ2n) is 4.30. The lowest BCUT2D eigenvalue weighted by Gasteiger charge is -2.40. The predicted octanol–water partition coefficient (Wildman–Crippen LogP) is 0.467. The maximum Gasteiger partial charge on any atom is 0.167 e. The Balaban J connectivity index is 2.12. The summed E-state index contributed by atoms with van der Waals surface area (Å²) in [7, 11) is 0. The molecule has 0 spiro atoms. The van der Waals surface area contributed by atoms with Gasteiger partial charge >= 0.3 is 0 Å². The van der Waals surface area contributed by atoms with Gasteiger partial charge in [0.2, 0.25) is 0 Å². The zero-order chi connectivity index (χ0) is 9.42. The van der Waals surface area contributed by atoms with Crippen molar-refractivity contribution in [3.05, 3.63) is 0 Å². The molecule has 1 aliphatic heterocycles. The van der Waals surface area contributed by atoms with Gasteiger partial charge in [-0.25, -0.2) is 0 Å². The lowest BCUT2D eigenvalue weighted by atomic mass is 9.76. The molecule has 2 N–H and O–H groups in total. The molecule has 4 atom stereocenters. The van der Waals surface area contributed by atoms with Gasteiger partial charge in [-0.1, -0.05) is 12.8 Å². The molecular weight excluding hydrogens is 166 g/mol. The minimum absolute atomic E-state index is 0.0631. The summed E-state index contributed by atoms with van der Waals surface area (Å²) in [5.74, 6) is 0.149. The van der Waals surface area contributed by atoms with E-state index in [0.717, 1.165) is 19.3 Å². The van der Waals surface area contributed by atoms with Gasteiger partial charge in [0.1, 0.15) is 6.10 Å². The number of fused-ring (bicyclic) bond motifs is 1. The third-order valence-corrected chi connectivity index (χ3v) is 3.37. The molecule has 1 saturated heterocycles. The average Bonchev–Trinajstić information content (AvgIpc) is 2.15. The number of aliphatic hydroxyl groups is 1. The first-order valence-corrected chi connectivity index (χ1v) is 5.18. The van der Waals surface area contributed by atoms with Gasteiger partial charge in [-0.05, 0) is 19.8 Å². The van der Waals surface area contributed by atoms with Crippen LogP contribution in [0, 0.1) is 5.92 Å². The minimum atomic E-state index is -0.778. The molecule has 0 aromatic rings. The number of Topliss-reactive ketones (excluding diaryl/α,β-unsaturated/α-hetero) is 1. The highest BCUT2D eigenvalue weighted by molar-refractivity contribution is 5.87. The minimum Gasteiger partial charge on any atom is -0.384 e. The van der Waals surface area contributed by atoms with Crippen LogP contribution in [-0.4, -0.2) is 29.1 Å². The summed E-state index contributed by atoms with van der Waals surface area (Å²) in [6.07, 6.45) is 3.62. The summed E-state index contributed by atoms with van der Waals surface area (Å²) in [5, 5.41) is 12.9. The highest BCUT2D eigenvalue weighted by atomic mass is 16.3. The van der Waals surface area contributed by atoms with Crippen LogP contribution in [0.4, 0.5) is 0 Å². The van der Waals surface area contributed by atoms with Crippen LogP contribution in [-0.2, 0) is 4.79 Å². The van der Waals surface area contributed by atoms with E-state index in [1.165, 1.54) is 6.42 Å². The van der Waals surface area contributed by atoms with Gasteiger partial charge in [-0.2, -0.15) is 0 Å². The van der Waals surface area contributed by atoms with E-state index in [1.54, 1.807) is 0 Å². The molecule has 2 fully saturated rings. The molecule has 3 nitrogen and oxygen atoms in total. The van der Waals surface area contributed by atoms with E-state index in [4.69, 9.17) is 0 Å². The number of carbonyl (C=O) groups excluding carboxylic acids is 1. The van der Waals surface area contributed by atoms with Crippen molar-refractivity contribution in [2.24, 2.45) is 5.92 Å². The van der Waals surface area contributed by atoms with Gasteiger partial charge in [0.15, 0.2) is 5.78 Å². The van der Waals surface area contributed by atoms with E-state index < -0.39 is 6.10 Å². The molecule has 74 valence electrons. The monoisotopic (exact) mass is 183 g/mol. The molecule has 2 rings (SSSR count). The molecule has 2 aliphatic rings. The largest absolute Gasteiger partial charge is 0.384 e. The fourth-order valence-electron chi connectivity index (χ4n) is 2.57. The van der Waals surface area contributed by atoms with Crippen molar-refractivity contribution in [3.63, 3.8) is 0 Å². The van der Waals surface area contributed by atoms with Crippen LogP contribution in [0.1, 0.15) is 32.6 Å². The summed E-state index contributed by atoms with van der Waals surface area (Å²) in [6, 6.07) is 0.270. The molecule has 0 aromatic carbocycles. The van der Waals surface area contributed by atoms with Gasteiger partial charge < -0.3 is 10.4 Å². The van der Waals surface area contributed by atoms with E-state index in [2.05, 4.69) is 5.32 Å². The molecule has 13 heavy (non-hydrogen) atoms. The maximum absolute atomic E-state index is 11.7. The molecule has 1 saturated carbocycles. The van der Waals surface area contributed by atoms with Gasteiger partial charge in [0.05, 0.1) is 0 Å².